The molecule has 1 aliphatic heterocycles. The topological polar surface area (TPSA) is 130 Å². The second-order valence-electron chi connectivity index (χ2n) is 11.4. The number of phenolic OH excluding ortho intramolecular Hbond substituents is 1. The van der Waals surface area contributed by atoms with Gasteiger partial charge in [0.05, 0.1) is 16.8 Å². The van der Waals surface area contributed by atoms with Crippen molar-refractivity contribution in [2.75, 3.05) is 39.0 Å². The molecule has 0 unspecified atom stereocenters. The molecule has 10 heteroatoms. The maximum atomic E-state index is 10.2. The fourth-order valence-electron chi connectivity index (χ4n) is 5.51. The summed E-state index contributed by atoms with van der Waals surface area (Å²) in [6.07, 6.45) is 2.82. The maximum Gasteiger partial charge on any atom is 0.165 e. The lowest BCUT2D eigenvalue weighted by atomic mass is 10.1. The molecule has 250 valence electrons. The monoisotopic (exact) mass is 655 g/mol. The van der Waals surface area contributed by atoms with E-state index in [0.717, 1.165) is 72.2 Å². The summed E-state index contributed by atoms with van der Waals surface area (Å²) < 4.78 is 2.09. The number of rotatable bonds is 7. The number of nitrogens with two attached hydrogens (primary N) is 1. The molecule has 4 heterocycles. The van der Waals surface area contributed by atoms with Crippen molar-refractivity contribution in [2.45, 2.75) is 20.4 Å². The number of anilines is 1. The second-order valence-corrected chi connectivity index (χ2v) is 11.4. The number of fused-ring (bicyclic) bond motifs is 1. The van der Waals surface area contributed by atoms with E-state index in [1.165, 1.54) is 23.8 Å². The van der Waals surface area contributed by atoms with E-state index >= 15 is 0 Å². The van der Waals surface area contributed by atoms with Gasteiger partial charge in [-0.1, -0.05) is 56.3 Å². The van der Waals surface area contributed by atoms with E-state index in [2.05, 4.69) is 62.8 Å². The lowest BCUT2D eigenvalue weighted by Crippen LogP contribution is -2.43. The summed E-state index contributed by atoms with van der Waals surface area (Å²) >= 11 is 0. The number of pyridine rings is 2. The first-order chi connectivity index (χ1) is 23.9. The van der Waals surface area contributed by atoms with Crippen molar-refractivity contribution in [2.24, 2.45) is 0 Å². The Morgan fingerprint density at radius 1 is 0.816 bits per heavy atom. The number of aromatic hydroxyl groups is 1. The summed E-state index contributed by atoms with van der Waals surface area (Å²) in [5.74, 6) is 1.08. The smallest absolute Gasteiger partial charge is 0.165 e. The van der Waals surface area contributed by atoms with Crippen LogP contribution in [0.3, 0.4) is 0 Å². The van der Waals surface area contributed by atoms with Crippen LogP contribution in [0, 0.1) is 0 Å². The molecule has 0 bridgehead atoms. The van der Waals surface area contributed by atoms with Gasteiger partial charge in [-0.25, -0.2) is 15.0 Å². The number of imidazole rings is 1. The SMILES string of the molecule is CC.CN1CCN(Cc2ccc(-n3c(-c4cccnc4N)nc4ccc(-c5ccccc5)nc43)cc2)CC1.O=Cc1ccc(O)c(C=O)c1. The zero-order valence-electron chi connectivity index (χ0n) is 28.0. The van der Waals surface area contributed by atoms with E-state index in [0.29, 0.717) is 24.0 Å². The van der Waals surface area contributed by atoms with Crippen LogP contribution < -0.4 is 5.73 Å². The van der Waals surface area contributed by atoms with Crippen LogP contribution in [0.4, 0.5) is 5.82 Å². The highest BCUT2D eigenvalue weighted by molar-refractivity contribution is 5.85. The van der Waals surface area contributed by atoms with Crippen molar-refractivity contribution in [3.8, 4) is 34.1 Å². The van der Waals surface area contributed by atoms with Gasteiger partial charge in [-0.15, -0.1) is 0 Å². The molecule has 0 amide bonds. The van der Waals surface area contributed by atoms with Crippen molar-refractivity contribution in [3.63, 3.8) is 0 Å². The molecule has 0 saturated carbocycles. The van der Waals surface area contributed by atoms with Gasteiger partial charge >= 0.3 is 0 Å². The number of nitrogen functional groups attached to an aromatic ring is 1. The second kappa shape index (κ2) is 16.4. The molecule has 0 spiro atoms. The van der Waals surface area contributed by atoms with Gasteiger partial charge in [0.25, 0.3) is 0 Å². The van der Waals surface area contributed by atoms with Crippen LogP contribution in [-0.4, -0.2) is 80.2 Å². The number of benzene rings is 3. The van der Waals surface area contributed by atoms with Crippen molar-refractivity contribution in [1.82, 2.24) is 29.3 Å². The van der Waals surface area contributed by atoms with E-state index in [9.17, 15) is 9.59 Å². The zero-order chi connectivity index (χ0) is 34.8. The number of hydrogen-bond donors (Lipinski definition) is 2. The molecule has 3 N–H and O–H groups in total. The lowest BCUT2D eigenvalue weighted by Gasteiger charge is -2.32. The van der Waals surface area contributed by atoms with E-state index in [1.807, 2.05) is 56.3 Å². The Bertz CT molecular complexity index is 2000. The van der Waals surface area contributed by atoms with Gasteiger partial charge in [-0.3, -0.25) is 19.1 Å². The quantitative estimate of drug-likeness (QED) is 0.185. The van der Waals surface area contributed by atoms with Crippen LogP contribution in [0.1, 0.15) is 40.1 Å². The zero-order valence-corrected chi connectivity index (χ0v) is 28.0. The van der Waals surface area contributed by atoms with E-state index in [4.69, 9.17) is 20.8 Å². The minimum atomic E-state index is -0.106. The summed E-state index contributed by atoms with van der Waals surface area (Å²) in [4.78, 5) is 39.6. The minimum Gasteiger partial charge on any atom is -0.507 e. The van der Waals surface area contributed by atoms with Crippen LogP contribution in [0.5, 0.6) is 5.75 Å². The Labute approximate surface area is 286 Å². The summed E-state index contributed by atoms with van der Waals surface area (Å²) in [5.41, 5.74) is 13.5. The average molecular weight is 656 g/mol. The largest absolute Gasteiger partial charge is 0.507 e. The van der Waals surface area contributed by atoms with Crippen molar-refractivity contribution < 1.29 is 14.7 Å². The van der Waals surface area contributed by atoms with Gasteiger partial charge in [0, 0.05) is 55.7 Å². The number of piperazine rings is 1. The fraction of sp³-hybridized carbons (Fsp3) is 0.205. The number of nitrogens with zero attached hydrogens (tertiary/aromatic N) is 6. The highest BCUT2D eigenvalue weighted by Crippen LogP contribution is 2.32. The molecule has 3 aromatic carbocycles. The highest BCUT2D eigenvalue weighted by atomic mass is 16.3. The Morgan fingerprint density at radius 2 is 1.55 bits per heavy atom. The van der Waals surface area contributed by atoms with Crippen LogP contribution in [-0.2, 0) is 6.54 Å². The maximum absolute atomic E-state index is 10.2. The van der Waals surface area contributed by atoms with Crippen molar-refractivity contribution >= 4 is 29.6 Å². The Morgan fingerprint density at radius 3 is 2.22 bits per heavy atom. The fourth-order valence-corrected chi connectivity index (χ4v) is 5.51. The molecular weight excluding hydrogens is 614 g/mol. The number of hydrogen-bond acceptors (Lipinski definition) is 9. The molecule has 0 radical (unpaired) electrons. The lowest BCUT2D eigenvalue weighted by molar-refractivity contribution is 0.112. The number of aldehydes is 2. The molecule has 6 aromatic rings. The summed E-state index contributed by atoms with van der Waals surface area (Å²) in [5, 5.41) is 8.98. The van der Waals surface area contributed by atoms with E-state index < -0.39 is 0 Å². The number of aromatic nitrogens is 4. The molecule has 7 rings (SSSR count). The number of carbonyl (C=O) groups excluding carboxylic acids is 2. The molecule has 1 saturated heterocycles. The average Bonchev–Trinajstić information content (AvgIpc) is 3.53. The summed E-state index contributed by atoms with van der Waals surface area (Å²) in [6.45, 7) is 9.38. The van der Waals surface area contributed by atoms with Gasteiger partial charge < -0.3 is 15.7 Å². The molecule has 10 nitrogen and oxygen atoms in total. The Hall–Kier alpha value is -5.71. The summed E-state index contributed by atoms with van der Waals surface area (Å²) in [7, 11) is 2.19. The Kier molecular flexibility index (Phi) is 11.6. The van der Waals surface area contributed by atoms with Gasteiger partial charge in [0.2, 0.25) is 0 Å². The normalized spacial score (nSPS) is 13.1. The third kappa shape index (κ3) is 8.24. The third-order valence-corrected chi connectivity index (χ3v) is 8.16. The van der Waals surface area contributed by atoms with Crippen molar-refractivity contribution in [3.05, 3.63) is 120 Å². The van der Waals surface area contributed by atoms with Crippen LogP contribution in [0.15, 0.2) is 103 Å². The van der Waals surface area contributed by atoms with Gasteiger partial charge in [0.15, 0.2) is 17.8 Å². The summed E-state index contributed by atoms with van der Waals surface area (Å²) in [6, 6.07) is 30.9. The van der Waals surface area contributed by atoms with Gasteiger partial charge in [0.1, 0.15) is 23.4 Å². The number of phenols is 1. The minimum absolute atomic E-state index is 0.106. The van der Waals surface area contributed by atoms with Crippen LogP contribution in [0.2, 0.25) is 0 Å². The van der Waals surface area contributed by atoms with E-state index in [1.54, 1.807) is 6.20 Å². The van der Waals surface area contributed by atoms with E-state index in [-0.39, 0.29) is 11.3 Å². The van der Waals surface area contributed by atoms with Gasteiger partial charge in [-0.05, 0) is 67.2 Å². The molecule has 1 fully saturated rings. The molecular formula is C39H41N7O3. The van der Waals surface area contributed by atoms with Gasteiger partial charge in [-0.2, -0.15) is 0 Å². The highest BCUT2D eigenvalue weighted by Gasteiger charge is 2.19. The predicted molar refractivity (Wildman–Crippen MR) is 195 cm³/mol. The molecule has 49 heavy (non-hydrogen) atoms. The molecule has 3 aromatic heterocycles. The molecule has 0 atom stereocenters. The first kappa shape index (κ1) is 34.6. The number of carbonyl (C=O) groups is 2. The van der Waals surface area contributed by atoms with Crippen molar-refractivity contribution in [1.29, 1.82) is 0 Å². The Balaban J connectivity index is 0.000000306. The van der Waals surface area contributed by atoms with Crippen LogP contribution in [0.25, 0.3) is 39.5 Å². The standard InChI is InChI=1S/C29H29N7.C8H6O3.C2H6/c1-34-16-18-35(19-17-34)20-21-9-11-23(12-10-21)36-28(24-8-5-15-31-27(24)30)33-26-14-13-25(32-29(26)36)22-6-3-2-4-7-22;9-4-6-1-2-8(11)7(3-6)5-10;1-2/h2-15H,16-20H2,1H3,(H2,30,31);1-5,11H;1-2H3. The molecule has 0 aliphatic carbocycles. The first-order valence-electron chi connectivity index (χ1n) is 16.3. The predicted octanol–water partition coefficient (Wildman–Crippen LogP) is 6.52. The van der Waals surface area contributed by atoms with Crippen LogP contribution >= 0.6 is 0 Å². The molecule has 1 aliphatic rings. The number of likely N-dealkylation sites (N-methyl/N-ethyl adjacent to an activating group) is 1. The third-order valence-electron chi connectivity index (χ3n) is 8.16. The first-order valence-corrected chi connectivity index (χ1v) is 16.3.